The first-order valence-electron chi connectivity index (χ1n) is 6.93. The molecule has 1 atom stereocenters. The second-order valence-electron chi connectivity index (χ2n) is 5.29. The van der Waals surface area contributed by atoms with E-state index in [1.165, 1.54) is 24.0 Å². The van der Waals surface area contributed by atoms with E-state index in [-0.39, 0.29) is 0 Å². The Kier molecular flexibility index (Phi) is 7.43. The molecule has 0 aliphatic rings. The first-order valence-corrected chi connectivity index (χ1v) is 6.93. The van der Waals surface area contributed by atoms with Gasteiger partial charge in [0.2, 0.25) is 0 Å². The van der Waals surface area contributed by atoms with Crippen molar-refractivity contribution in [3.8, 4) is 0 Å². The van der Waals surface area contributed by atoms with Gasteiger partial charge in [-0.1, -0.05) is 48.9 Å². The third-order valence-corrected chi connectivity index (χ3v) is 3.08. The van der Waals surface area contributed by atoms with E-state index in [0.29, 0.717) is 0 Å². The van der Waals surface area contributed by atoms with Gasteiger partial charge in [0.05, 0.1) is 6.61 Å². The van der Waals surface area contributed by atoms with Crippen molar-refractivity contribution in [2.75, 3.05) is 6.61 Å². The Morgan fingerprint density at radius 1 is 1.17 bits per heavy atom. The molecule has 0 aliphatic carbocycles. The highest BCUT2D eigenvalue weighted by molar-refractivity contribution is 5.13. The highest BCUT2D eigenvalue weighted by atomic mass is 16.5. The van der Waals surface area contributed by atoms with Crippen LogP contribution in [0.1, 0.15) is 45.6 Å². The third kappa shape index (κ3) is 7.29. The molecule has 100 valence electrons. The van der Waals surface area contributed by atoms with Gasteiger partial charge < -0.3 is 4.74 Å². The van der Waals surface area contributed by atoms with Crippen molar-refractivity contribution in [3.05, 3.63) is 47.5 Å². The van der Waals surface area contributed by atoms with Crippen LogP contribution >= 0.6 is 0 Å². The van der Waals surface area contributed by atoms with Gasteiger partial charge in [0, 0.05) is 6.61 Å². The van der Waals surface area contributed by atoms with Gasteiger partial charge in [-0.15, -0.1) is 0 Å². The molecule has 0 amide bonds. The molecule has 1 heteroatoms. The first kappa shape index (κ1) is 15.0. The van der Waals surface area contributed by atoms with Gasteiger partial charge in [-0.2, -0.15) is 0 Å². The topological polar surface area (TPSA) is 9.23 Å². The molecule has 1 aromatic rings. The highest BCUT2D eigenvalue weighted by Crippen LogP contribution is 2.12. The van der Waals surface area contributed by atoms with E-state index in [2.05, 4.69) is 51.1 Å². The Morgan fingerprint density at radius 2 is 1.89 bits per heavy atom. The summed E-state index contributed by atoms with van der Waals surface area (Å²) in [7, 11) is 0. The Bertz CT molecular complexity index is 336. The van der Waals surface area contributed by atoms with Gasteiger partial charge >= 0.3 is 0 Å². The highest BCUT2D eigenvalue weighted by Gasteiger charge is 2.01. The van der Waals surface area contributed by atoms with Crippen molar-refractivity contribution in [2.45, 2.75) is 46.6 Å². The van der Waals surface area contributed by atoms with Gasteiger partial charge in [0.25, 0.3) is 0 Å². The molecule has 0 spiro atoms. The van der Waals surface area contributed by atoms with Crippen LogP contribution in [0.3, 0.4) is 0 Å². The molecule has 0 aliphatic heterocycles. The minimum atomic E-state index is 0.738. The maximum atomic E-state index is 5.70. The lowest BCUT2D eigenvalue weighted by atomic mass is 10.0. The average molecular weight is 246 g/mol. The van der Waals surface area contributed by atoms with E-state index in [4.69, 9.17) is 4.74 Å². The molecule has 0 heterocycles. The van der Waals surface area contributed by atoms with Crippen LogP contribution < -0.4 is 0 Å². The van der Waals surface area contributed by atoms with E-state index in [9.17, 15) is 0 Å². The predicted octanol–water partition coefficient (Wildman–Crippen LogP) is 4.98. The summed E-state index contributed by atoms with van der Waals surface area (Å²) in [6.45, 7) is 8.23. The van der Waals surface area contributed by atoms with E-state index >= 15 is 0 Å². The van der Waals surface area contributed by atoms with Crippen LogP contribution in [0.15, 0.2) is 42.0 Å². The lowest BCUT2D eigenvalue weighted by molar-refractivity contribution is 0.108. The summed E-state index contributed by atoms with van der Waals surface area (Å²) in [4.78, 5) is 0. The number of allylic oxidation sites excluding steroid dienone is 2. The number of rotatable bonds is 8. The zero-order chi connectivity index (χ0) is 13.2. The molecule has 1 rings (SSSR count). The number of hydrogen-bond donors (Lipinski definition) is 0. The van der Waals surface area contributed by atoms with Crippen molar-refractivity contribution in [2.24, 2.45) is 5.92 Å². The molecule has 0 saturated carbocycles. The van der Waals surface area contributed by atoms with Gasteiger partial charge in [0.1, 0.15) is 0 Å². The minimum Gasteiger partial charge on any atom is -0.377 e. The van der Waals surface area contributed by atoms with Crippen LogP contribution in [0.2, 0.25) is 0 Å². The fraction of sp³-hybridized carbons (Fsp3) is 0.529. The van der Waals surface area contributed by atoms with Gasteiger partial charge in [0.15, 0.2) is 0 Å². The molecule has 0 unspecified atom stereocenters. The SMILES string of the molecule is CC(C)=CCC[C@H](C)CCOCc1ccccc1. The summed E-state index contributed by atoms with van der Waals surface area (Å²) >= 11 is 0. The van der Waals surface area contributed by atoms with Gasteiger partial charge in [-0.3, -0.25) is 0 Å². The van der Waals surface area contributed by atoms with E-state index in [1.54, 1.807) is 0 Å². The fourth-order valence-corrected chi connectivity index (χ4v) is 1.85. The van der Waals surface area contributed by atoms with Crippen LogP contribution in [0.4, 0.5) is 0 Å². The summed E-state index contributed by atoms with van der Waals surface area (Å²) in [5, 5.41) is 0. The molecule has 0 radical (unpaired) electrons. The van der Waals surface area contributed by atoms with Crippen LogP contribution in [0, 0.1) is 5.92 Å². The quantitative estimate of drug-likeness (QED) is 0.464. The summed E-state index contributed by atoms with van der Waals surface area (Å²) in [5.74, 6) is 0.747. The molecule has 1 aromatic carbocycles. The molecular weight excluding hydrogens is 220 g/mol. The van der Waals surface area contributed by atoms with Crippen molar-refractivity contribution >= 4 is 0 Å². The largest absolute Gasteiger partial charge is 0.377 e. The third-order valence-electron chi connectivity index (χ3n) is 3.08. The van der Waals surface area contributed by atoms with E-state index < -0.39 is 0 Å². The Hall–Kier alpha value is -1.08. The van der Waals surface area contributed by atoms with Crippen molar-refractivity contribution in [1.82, 2.24) is 0 Å². The van der Waals surface area contributed by atoms with E-state index in [1.807, 2.05) is 6.07 Å². The molecular formula is C17H26O. The normalized spacial score (nSPS) is 12.2. The van der Waals surface area contributed by atoms with Crippen LogP contribution in [0.5, 0.6) is 0 Å². The van der Waals surface area contributed by atoms with Crippen molar-refractivity contribution < 1.29 is 4.74 Å². The van der Waals surface area contributed by atoms with Gasteiger partial charge in [-0.05, 0) is 44.6 Å². The molecule has 1 nitrogen and oxygen atoms in total. The number of ether oxygens (including phenoxy) is 1. The summed E-state index contributed by atoms with van der Waals surface area (Å²) in [5.41, 5.74) is 2.68. The van der Waals surface area contributed by atoms with Crippen molar-refractivity contribution in [3.63, 3.8) is 0 Å². The molecule has 0 N–H and O–H groups in total. The summed E-state index contributed by atoms with van der Waals surface area (Å²) in [6.07, 6.45) is 5.94. The Morgan fingerprint density at radius 3 is 2.56 bits per heavy atom. The Labute approximate surface area is 112 Å². The van der Waals surface area contributed by atoms with Crippen LogP contribution in [0.25, 0.3) is 0 Å². The lowest BCUT2D eigenvalue weighted by Gasteiger charge is -2.10. The van der Waals surface area contributed by atoms with Crippen LogP contribution in [-0.4, -0.2) is 6.61 Å². The Balaban J connectivity index is 2.05. The maximum absolute atomic E-state index is 5.70. The standard InChI is InChI=1S/C17H26O/c1-15(2)8-7-9-16(3)12-13-18-14-17-10-5-4-6-11-17/h4-6,8,10-11,16H,7,9,12-14H2,1-3H3/t16-/m0/s1. The average Bonchev–Trinajstić information content (AvgIpc) is 2.35. The molecule has 0 saturated heterocycles. The zero-order valence-electron chi connectivity index (χ0n) is 12.0. The summed E-state index contributed by atoms with van der Waals surface area (Å²) < 4.78 is 5.70. The number of hydrogen-bond acceptors (Lipinski definition) is 1. The molecule has 18 heavy (non-hydrogen) atoms. The smallest absolute Gasteiger partial charge is 0.0716 e. The first-order chi connectivity index (χ1) is 8.68. The fourth-order valence-electron chi connectivity index (χ4n) is 1.85. The van der Waals surface area contributed by atoms with Crippen LogP contribution in [-0.2, 0) is 11.3 Å². The minimum absolute atomic E-state index is 0.738. The summed E-state index contributed by atoms with van der Waals surface area (Å²) in [6, 6.07) is 10.4. The molecule has 0 aromatic heterocycles. The number of benzene rings is 1. The second kappa shape index (κ2) is 8.93. The monoisotopic (exact) mass is 246 g/mol. The van der Waals surface area contributed by atoms with E-state index in [0.717, 1.165) is 25.6 Å². The second-order valence-corrected chi connectivity index (χ2v) is 5.29. The predicted molar refractivity (Wildman–Crippen MR) is 78.5 cm³/mol. The zero-order valence-corrected chi connectivity index (χ0v) is 12.0. The maximum Gasteiger partial charge on any atom is 0.0716 e. The van der Waals surface area contributed by atoms with Crippen molar-refractivity contribution in [1.29, 1.82) is 0 Å². The molecule has 0 fully saturated rings. The van der Waals surface area contributed by atoms with Gasteiger partial charge in [-0.25, -0.2) is 0 Å². The molecule has 0 bridgehead atoms. The lowest BCUT2D eigenvalue weighted by Crippen LogP contribution is -2.02.